The third-order valence-corrected chi connectivity index (χ3v) is 4.27. The zero-order chi connectivity index (χ0) is 12.1. The smallest absolute Gasteiger partial charge is 0.223 e. The Kier molecular flexibility index (Phi) is 7.02. The van der Waals surface area contributed by atoms with Crippen LogP contribution in [0.5, 0.6) is 0 Å². The van der Waals surface area contributed by atoms with E-state index in [1.807, 2.05) is 0 Å². The normalized spacial score (nSPS) is 26.4. The van der Waals surface area contributed by atoms with Crippen LogP contribution in [-0.4, -0.2) is 25.0 Å². The average molecular weight is 275 g/mol. The van der Waals surface area contributed by atoms with Crippen molar-refractivity contribution in [3.63, 3.8) is 0 Å². The zero-order valence-corrected chi connectivity index (χ0v) is 12.2. The van der Waals surface area contributed by atoms with Crippen LogP contribution in [0.1, 0.15) is 51.9 Å². The third kappa shape index (κ3) is 4.77. The van der Waals surface area contributed by atoms with E-state index in [9.17, 15) is 4.79 Å². The van der Waals surface area contributed by atoms with Gasteiger partial charge in [0.25, 0.3) is 0 Å². The summed E-state index contributed by atoms with van der Waals surface area (Å²) >= 11 is 0. The van der Waals surface area contributed by atoms with Gasteiger partial charge in [0, 0.05) is 18.5 Å². The Hall–Kier alpha value is -0.280. The predicted molar refractivity (Wildman–Crippen MR) is 77.0 cm³/mol. The summed E-state index contributed by atoms with van der Waals surface area (Å²) in [6, 6.07) is 0.372. The van der Waals surface area contributed by atoms with E-state index in [0.29, 0.717) is 6.04 Å². The molecule has 106 valence electrons. The van der Waals surface area contributed by atoms with Crippen LogP contribution in [0.15, 0.2) is 0 Å². The number of rotatable bonds is 4. The first-order chi connectivity index (χ1) is 8.25. The SMILES string of the molecule is CC(CC1CCCCC1)C(=O)NC1CCNC1.Cl. The Morgan fingerprint density at radius 2 is 2.00 bits per heavy atom. The molecule has 0 radical (unpaired) electrons. The van der Waals surface area contributed by atoms with Gasteiger partial charge in [-0.15, -0.1) is 12.4 Å². The molecule has 1 amide bonds. The largest absolute Gasteiger partial charge is 0.352 e. The van der Waals surface area contributed by atoms with E-state index in [1.165, 1.54) is 32.1 Å². The summed E-state index contributed by atoms with van der Waals surface area (Å²) in [7, 11) is 0. The minimum absolute atomic E-state index is 0. The first-order valence-electron chi connectivity index (χ1n) is 7.27. The summed E-state index contributed by atoms with van der Waals surface area (Å²) in [5.74, 6) is 1.26. The highest BCUT2D eigenvalue weighted by Crippen LogP contribution is 2.29. The molecule has 2 unspecified atom stereocenters. The van der Waals surface area contributed by atoms with Crippen molar-refractivity contribution < 1.29 is 4.79 Å². The molecule has 2 atom stereocenters. The highest BCUT2D eigenvalue weighted by Gasteiger charge is 2.23. The fourth-order valence-corrected chi connectivity index (χ4v) is 3.15. The fourth-order valence-electron chi connectivity index (χ4n) is 3.15. The van der Waals surface area contributed by atoms with Gasteiger partial charge in [-0.1, -0.05) is 39.0 Å². The average Bonchev–Trinajstić information content (AvgIpc) is 2.83. The lowest BCUT2D eigenvalue weighted by molar-refractivity contribution is -0.125. The Morgan fingerprint density at radius 3 is 2.61 bits per heavy atom. The van der Waals surface area contributed by atoms with E-state index in [-0.39, 0.29) is 24.2 Å². The lowest BCUT2D eigenvalue weighted by Gasteiger charge is -2.25. The monoisotopic (exact) mass is 274 g/mol. The molecule has 1 saturated carbocycles. The Bertz CT molecular complexity index is 248. The standard InChI is InChI=1S/C14H26N2O.ClH/c1-11(9-12-5-3-2-4-6-12)14(17)16-13-7-8-15-10-13;/h11-13,15H,2-10H2,1H3,(H,16,17);1H. The van der Waals surface area contributed by atoms with Crippen molar-refractivity contribution in [3.05, 3.63) is 0 Å². The van der Waals surface area contributed by atoms with Gasteiger partial charge in [-0.3, -0.25) is 4.79 Å². The van der Waals surface area contributed by atoms with Crippen LogP contribution in [0, 0.1) is 11.8 Å². The van der Waals surface area contributed by atoms with Gasteiger partial charge in [0.05, 0.1) is 0 Å². The Morgan fingerprint density at radius 1 is 1.28 bits per heavy atom. The second kappa shape index (κ2) is 8.00. The molecule has 0 bridgehead atoms. The van der Waals surface area contributed by atoms with Gasteiger partial charge in [0.1, 0.15) is 0 Å². The maximum atomic E-state index is 12.0. The van der Waals surface area contributed by atoms with E-state index < -0.39 is 0 Å². The molecule has 2 fully saturated rings. The number of amides is 1. The van der Waals surface area contributed by atoms with Gasteiger partial charge in [-0.25, -0.2) is 0 Å². The minimum Gasteiger partial charge on any atom is -0.352 e. The summed E-state index contributed by atoms with van der Waals surface area (Å²) in [5, 5.41) is 6.45. The number of carbonyl (C=O) groups is 1. The van der Waals surface area contributed by atoms with Crippen molar-refractivity contribution in [2.45, 2.75) is 57.9 Å². The predicted octanol–water partition coefficient (Wildman–Crippen LogP) is 2.49. The first kappa shape index (κ1) is 15.8. The highest BCUT2D eigenvalue weighted by atomic mass is 35.5. The number of halogens is 1. The molecule has 0 spiro atoms. The maximum Gasteiger partial charge on any atom is 0.223 e. The molecule has 2 aliphatic rings. The lowest BCUT2D eigenvalue weighted by Crippen LogP contribution is -2.39. The topological polar surface area (TPSA) is 41.1 Å². The molecule has 1 aliphatic carbocycles. The molecule has 2 N–H and O–H groups in total. The van der Waals surface area contributed by atoms with Gasteiger partial charge in [-0.05, 0) is 25.3 Å². The molecule has 0 aromatic carbocycles. The van der Waals surface area contributed by atoms with Gasteiger partial charge in [0.15, 0.2) is 0 Å². The molecule has 1 aliphatic heterocycles. The molecule has 3 nitrogen and oxygen atoms in total. The maximum absolute atomic E-state index is 12.0. The van der Waals surface area contributed by atoms with E-state index in [2.05, 4.69) is 17.6 Å². The van der Waals surface area contributed by atoms with Crippen molar-refractivity contribution in [1.82, 2.24) is 10.6 Å². The van der Waals surface area contributed by atoms with E-state index >= 15 is 0 Å². The second-order valence-corrected chi connectivity index (χ2v) is 5.84. The summed E-state index contributed by atoms with van der Waals surface area (Å²) in [6.07, 6.45) is 8.97. The Balaban J connectivity index is 0.00000162. The van der Waals surface area contributed by atoms with Gasteiger partial charge in [-0.2, -0.15) is 0 Å². The molecule has 4 heteroatoms. The molecule has 0 aromatic heterocycles. The summed E-state index contributed by atoms with van der Waals surface area (Å²) in [6.45, 7) is 4.08. The van der Waals surface area contributed by atoms with E-state index in [0.717, 1.165) is 31.8 Å². The van der Waals surface area contributed by atoms with E-state index in [1.54, 1.807) is 0 Å². The second-order valence-electron chi connectivity index (χ2n) is 5.84. The highest BCUT2D eigenvalue weighted by molar-refractivity contribution is 5.85. The van der Waals surface area contributed by atoms with Crippen LogP contribution < -0.4 is 10.6 Å². The lowest BCUT2D eigenvalue weighted by atomic mass is 9.83. The van der Waals surface area contributed by atoms with Crippen molar-refractivity contribution in [1.29, 1.82) is 0 Å². The molecular weight excluding hydrogens is 248 g/mol. The zero-order valence-electron chi connectivity index (χ0n) is 11.4. The fraction of sp³-hybridized carbons (Fsp3) is 0.929. The van der Waals surface area contributed by atoms with Crippen LogP contribution in [0.25, 0.3) is 0 Å². The summed E-state index contributed by atoms with van der Waals surface area (Å²) in [5.41, 5.74) is 0. The van der Waals surface area contributed by atoms with Crippen LogP contribution in [0.3, 0.4) is 0 Å². The molecule has 2 rings (SSSR count). The molecular formula is C14H27ClN2O. The van der Waals surface area contributed by atoms with Crippen molar-refractivity contribution in [3.8, 4) is 0 Å². The van der Waals surface area contributed by atoms with Gasteiger partial charge in [0.2, 0.25) is 5.91 Å². The quantitative estimate of drug-likeness (QED) is 0.827. The minimum atomic E-state index is 0. The van der Waals surface area contributed by atoms with Gasteiger partial charge >= 0.3 is 0 Å². The number of carbonyl (C=O) groups excluding carboxylic acids is 1. The Labute approximate surface area is 117 Å². The number of hydrogen-bond acceptors (Lipinski definition) is 2. The molecule has 0 aromatic rings. The number of hydrogen-bond donors (Lipinski definition) is 2. The molecule has 1 heterocycles. The van der Waals surface area contributed by atoms with Crippen LogP contribution in [0.4, 0.5) is 0 Å². The summed E-state index contributed by atoms with van der Waals surface area (Å²) in [4.78, 5) is 12.0. The molecule has 1 saturated heterocycles. The third-order valence-electron chi connectivity index (χ3n) is 4.27. The van der Waals surface area contributed by atoms with Crippen molar-refractivity contribution >= 4 is 18.3 Å². The van der Waals surface area contributed by atoms with E-state index in [4.69, 9.17) is 0 Å². The van der Waals surface area contributed by atoms with Crippen molar-refractivity contribution in [2.24, 2.45) is 11.8 Å². The van der Waals surface area contributed by atoms with Crippen LogP contribution in [-0.2, 0) is 4.79 Å². The molecule has 18 heavy (non-hydrogen) atoms. The van der Waals surface area contributed by atoms with Gasteiger partial charge < -0.3 is 10.6 Å². The summed E-state index contributed by atoms with van der Waals surface area (Å²) < 4.78 is 0. The van der Waals surface area contributed by atoms with Crippen LogP contribution in [0.2, 0.25) is 0 Å². The number of nitrogens with one attached hydrogen (secondary N) is 2. The van der Waals surface area contributed by atoms with Crippen molar-refractivity contribution in [2.75, 3.05) is 13.1 Å². The first-order valence-corrected chi connectivity index (χ1v) is 7.27. The van der Waals surface area contributed by atoms with Crippen LogP contribution >= 0.6 is 12.4 Å².